The molecule has 0 saturated heterocycles. The van der Waals surface area contributed by atoms with Crippen LogP contribution in [0.4, 0.5) is 13.2 Å². The van der Waals surface area contributed by atoms with Gasteiger partial charge in [0.2, 0.25) is 0 Å². The number of hydrogen-bond donors (Lipinski definition) is 0. The van der Waals surface area contributed by atoms with Crippen LogP contribution in [0.5, 0.6) is 5.75 Å². The number of alkyl halides is 3. The van der Waals surface area contributed by atoms with Gasteiger partial charge in [-0.1, -0.05) is 0 Å². The van der Waals surface area contributed by atoms with Crippen LogP contribution in [0.3, 0.4) is 0 Å². The molecule has 130 valence electrons. The Morgan fingerprint density at radius 3 is 2.58 bits per heavy atom. The van der Waals surface area contributed by atoms with E-state index in [-0.39, 0.29) is 13.1 Å². The van der Waals surface area contributed by atoms with Crippen LogP contribution in [-0.4, -0.2) is 42.2 Å². The molecule has 0 radical (unpaired) electrons. The zero-order valence-corrected chi connectivity index (χ0v) is 13.8. The fourth-order valence-electron chi connectivity index (χ4n) is 2.42. The molecule has 0 unspecified atom stereocenters. The highest BCUT2D eigenvalue weighted by atomic mass is 19.4. The largest absolute Gasteiger partial charge is 0.497 e. The lowest BCUT2D eigenvalue weighted by molar-refractivity contribution is -0.136. The van der Waals surface area contributed by atoms with Gasteiger partial charge < -0.3 is 9.64 Å². The van der Waals surface area contributed by atoms with Crippen LogP contribution in [0.1, 0.15) is 29.4 Å². The summed E-state index contributed by atoms with van der Waals surface area (Å²) in [6, 6.07) is 6.92. The Balaban J connectivity index is 2.32. The summed E-state index contributed by atoms with van der Waals surface area (Å²) in [7, 11) is 1.55. The third-order valence-corrected chi connectivity index (χ3v) is 3.78. The number of aryl methyl sites for hydroxylation is 1. The average Bonchev–Trinajstić information content (AvgIpc) is 2.52. The van der Waals surface area contributed by atoms with Crippen molar-refractivity contribution in [1.82, 2.24) is 9.88 Å². The molecule has 1 aromatic carbocycles. The number of fused-ring (bicyclic) bond motifs is 1. The molecule has 0 spiro atoms. The molecule has 0 fully saturated rings. The maximum Gasteiger partial charge on any atom is 0.390 e. The maximum atomic E-state index is 12.6. The summed E-state index contributed by atoms with van der Waals surface area (Å²) < 4.78 is 42.4. The molecule has 4 nitrogen and oxygen atoms in total. The molecular weight excluding hydrogens is 321 g/mol. The molecule has 1 amide bonds. The summed E-state index contributed by atoms with van der Waals surface area (Å²) in [5.74, 6) is 0.207. The molecule has 7 heteroatoms. The lowest BCUT2D eigenvalue weighted by Gasteiger charge is -2.22. The van der Waals surface area contributed by atoms with Crippen molar-refractivity contribution in [3.05, 3.63) is 35.5 Å². The average molecular weight is 340 g/mol. The molecule has 1 aromatic heterocycles. The Labute approximate surface area is 138 Å². The van der Waals surface area contributed by atoms with E-state index in [0.29, 0.717) is 22.5 Å². The third kappa shape index (κ3) is 4.15. The Morgan fingerprint density at radius 2 is 2.00 bits per heavy atom. The van der Waals surface area contributed by atoms with Gasteiger partial charge in [0.25, 0.3) is 5.91 Å². The van der Waals surface area contributed by atoms with E-state index in [2.05, 4.69) is 4.98 Å². The molecule has 1 heterocycles. The number of pyridine rings is 1. The minimum Gasteiger partial charge on any atom is -0.497 e. The zero-order valence-electron chi connectivity index (χ0n) is 13.8. The fraction of sp³-hybridized carbons (Fsp3) is 0.412. The van der Waals surface area contributed by atoms with Gasteiger partial charge in [-0.2, -0.15) is 13.2 Å². The molecule has 0 bridgehead atoms. The minimum absolute atomic E-state index is 0.203. The maximum absolute atomic E-state index is 12.6. The molecule has 0 saturated carbocycles. The van der Waals surface area contributed by atoms with E-state index < -0.39 is 18.5 Å². The van der Waals surface area contributed by atoms with E-state index in [0.717, 1.165) is 5.39 Å². The van der Waals surface area contributed by atoms with Crippen molar-refractivity contribution in [3.63, 3.8) is 0 Å². The highest BCUT2D eigenvalue weighted by Gasteiger charge is 2.29. The second-order valence-electron chi connectivity index (χ2n) is 5.43. The third-order valence-electron chi connectivity index (χ3n) is 3.78. The highest BCUT2D eigenvalue weighted by molar-refractivity contribution is 5.98. The number of aromatic nitrogens is 1. The number of carbonyl (C=O) groups is 1. The van der Waals surface area contributed by atoms with Crippen molar-refractivity contribution < 1.29 is 22.7 Å². The summed E-state index contributed by atoms with van der Waals surface area (Å²) in [5.41, 5.74) is 1.46. The molecular formula is C17H19F3N2O2. The molecule has 24 heavy (non-hydrogen) atoms. The quantitative estimate of drug-likeness (QED) is 0.827. The molecule has 2 rings (SSSR count). The number of carbonyl (C=O) groups excluding carboxylic acids is 1. The van der Waals surface area contributed by atoms with Gasteiger partial charge in [-0.05, 0) is 32.0 Å². The van der Waals surface area contributed by atoms with Gasteiger partial charge in [-0.25, -0.2) is 0 Å². The topological polar surface area (TPSA) is 42.4 Å². The predicted molar refractivity (Wildman–Crippen MR) is 85.3 cm³/mol. The van der Waals surface area contributed by atoms with Gasteiger partial charge >= 0.3 is 6.18 Å². The molecule has 0 atom stereocenters. The van der Waals surface area contributed by atoms with E-state index >= 15 is 0 Å². The van der Waals surface area contributed by atoms with Gasteiger partial charge in [0.1, 0.15) is 5.75 Å². The number of rotatable bonds is 5. The van der Waals surface area contributed by atoms with Crippen LogP contribution in [0.15, 0.2) is 24.3 Å². The minimum atomic E-state index is -4.29. The lowest BCUT2D eigenvalue weighted by atomic mass is 10.1. The second-order valence-corrected chi connectivity index (χ2v) is 5.43. The second kappa shape index (κ2) is 7.07. The van der Waals surface area contributed by atoms with Crippen LogP contribution >= 0.6 is 0 Å². The van der Waals surface area contributed by atoms with Crippen LogP contribution in [0.2, 0.25) is 0 Å². The van der Waals surface area contributed by atoms with Gasteiger partial charge in [-0.15, -0.1) is 0 Å². The molecule has 0 aliphatic carbocycles. The number of amides is 1. The molecule has 2 aromatic rings. The Morgan fingerprint density at radius 1 is 1.29 bits per heavy atom. The van der Waals surface area contributed by atoms with E-state index in [1.807, 2.05) is 0 Å². The van der Waals surface area contributed by atoms with Crippen molar-refractivity contribution in [3.8, 4) is 5.75 Å². The Bertz CT molecular complexity index is 744. The first-order chi connectivity index (χ1) is 11.2. The van der Waals surface area contributed by atoms with Crippen LogP contribution < -0.4 is 4.74 Å². The monoisotopic (exact) mass is 340 g/mol. The van der Waals surface area contributed by atoms with Gasteiger partial charge in [0, 0.05) is 24.5 Å². The van der Waals surface area contributed by atoms with Crippen molar-refractivity contribution in [1.29, 1.82) is 0 Å². The number of methoxy groups -OCH3 is 1. The summed E-state index contributed by atoms with van der Waals surface area (Å²) in [5, 5.41) is 0.733. The smallest absolute Gasteiger partial charge is 0.390 e. The van der Waals surface area contributed by atoms with E-state index in [1.165, 1.54) is 4.90 Å². The van der Waals surface area contributed by atoms with Crippen molar-refractivity contribution in [2.75, 3.05) is 20.2 Å². The summed E-state index contributed by atoms with van der Waals surface area (Å²) in [6.07, 6.45) is -5.31. The van der Waals surface area contributed by atoms with Crippen molar-refractivity contribution in [2.24, 2.45) is 0 Å². The summed E-state index contributed by atoms with van der Waals surface area (Å²) >= 11 is 0. The van der Waals surface area contributed by atoms with Crippen LogP contribution in [0, 0.1) is 6.92 Å². The van der Waals surface area contributed by atoms with Crippen molar-refractivity contribution >= 4 is 16.8 Å². The number of benzene rings is 1. The first-order valence-corrected chi connectivity index (χ1v) is 7.56. The SMILES string of the molecule is CCN(CCC(F)(F)F)C(=O)c1cc2ccc(OC)cc2nc1C. The van der Waals surface area contributed by atoms with E-state index in [4.69, 9.17) is 4.74 Å². The molecule has 0 aliphatic rings. The molecule has 0 aliphatic heterocycles. The first-order valence-electron chi connectivity index (χ1n) is 7.56. The number of ether oxygens (including phenoxy) is 1. The van der Waals surface area contributed by atoms with Crippen LogP contribution in [0.25, 0.3) is 10.9 Å². The fourth-order valence-corrected chi connectivity index (χ4v) is 2.42. The van der Waals surface area contributed by atoms with Crippen LogP contribution in [-0.2, 0) is 0 Å². The normalized spacial score (nSPS) is 11.6. The summed E-state index contributed by atoms with van der Waals surface area (Å²) in [4.78, 5) is 18.1. The molecule has 0 N–H and O–H groups in total. The number of nitrogens with zero attached hydrogens (tertiary/aromatic N) is 2. The summed E-state index contributed by atoms with van der Waals surface area (Å²) in [6.45, 7) is 3.17. The first kappa shape index (κ1) is 18.0. The predicted octanol–water partition coefficient (Wildman–Crippen LogP) is 3.97. The zero-order chi connectivity index (χ0) is 17.9. The Hall–Kier alpha value is -2.31. The van der Waals surface area contributed by atoms with E-state index in [1.54, 1.807) is 45.2 Å². The van der Waals surface area contributed by atoms with E-state index in [9.17, 15) is 18.0 Å². The van der Waals surface area contributed by atoms with Crippen molar-refractivity contribution in [2.45, 2.75) is 26.4 Å². The number of hydrogen-bond acceptors (Lipinski definition) is 3. The standard InChI is InChI=1S/C17H19F3N2O2/c1-4-22(8-7-17(18,19)20)16(23)14-9-12-5-6-13(24-3)10-15(12)21-11(14)2/h5-6,9-10H,4,7-8H2,1-3H3. The lowest BCUT2D eigenvalue weighted by Crippen LogP contribution is -2.34. The van der Waals surface area contributed by atoms with Gasteiger partial charge in [0.05, 0.1) is 30.3 Å². The number of halogens is 3. The van der Waals surface area contributed by atoms with Gasteiger partial charge in [-0.3, -0.25) is 9.78 Å². The van der Waals surface area contributed by atoms with Gasteiger partial charge in [0.15, 0.2) is 0 Å². The Kier molecular flexibility index (Phi) is 5.31. The highest BCUT2D eigenvalue weighted by Crippen LogP contribution is 2.24.